The number of nitrogens with zero attached hydrogens (tertiary/aromatic N) is 6. The fourth-order valence-electron chi connectivity index (χ4n) is 9.44. The monoisotopic (exact) mass is 818 g/mol. The Morgan fingerprint density at radius 2 is 1.64 bits per heavy atom. The Morgan fingerprint density at radius 1 is 0.915 bits per heavy atom. The molecule has 1 saturated heterocycles. The Hall–Kier alpha value is -6.74. The maximum absolute atomic E-state index is 15.4. The predicted octanol–water partition coefficient (Wildman–Crippen LogP) is 4.61. The van der Waals surface area contributed by atoms with Crippen molar-refractivity contribution in [3.05, 3.63) is 156 Å². The van der Waals surface area contributed by atoms with Crippen LogP contribution in [-0.2, 0) is 41.6 Å². The number of amides is 2. The van der Waals surface area contributed by atoms with Gasteiger partial charge in [0.25, 0.3) is 5.56 Å². The number of aryl methyl sites for hydroxylation is 2. The summed E-state index contributed by atoms with van der Waals surface area (Å²) in [6.07, 6.45) is 1.53. The molecule has 4 atom stereocenters. The molecular formula is C43H36ClFN6O8. The number of aromatic hydroxyl groups is 1. The van der Waals surface area contributed by atoms with Crippen LogP contribution in [-0.4, -0.2) is 54.6 Å². The molecule has 0 spiro atoms. The van der Waals surface area contributed by atoms with E-state index in [4.69, 9.17) is 21.1 Å². The number of ether oxygens (including phenoxy) is 2. The molecule has 4 heterocycles. The number of imide groups is 1. The van der Waals surface area contributed by atoms with E-state index in [1.165, 1.54) is 46.3 Å². The summed E-state index contributed by atoms with van der Waals surface area (Å²) in [5.41, 5.74) is -1.32. The molecule has 3 aliphatic rings. The third kappa shape index (κ3) is 5.44. The Kier molecular flexibility index (Phi) is 8.96. The first-order valence-electron chi connectivity index (χ1n) is 18.8. The van der Waals surface area contributed by atoms with Crippen molar-refractivity contribution in [2.24, 2.45) is 13.0 Å². The highest BCUT2D eigenvalue weighted by molar-refractivity contribution is 6.32. The Balaban J connectivity index is 1.19. The molecule has 6 aromatic rings. The lowest BCUT2D eigenvalue weighted by atomic mass is 9.53. The lowest BCUT2D eigenvalue weighted by Gasteiger charge is -2.49. The molecule has 2 amide bonds. The van der Waals surface area contributed by atoms with Crippen LogP contribution in [0.15, 0.2) is 111 Å². The summed E-state index contributed by atoms with van der Waals surface area (Å²) in [4.78, 5) is 78.0. The second kappa shape index (κ2) is 14.0. The summed E-state index contributed by atoms with van der Waals surface area (Å²) in [6.45, 7) is -0.327. The molecule has 2 aliphatic heterocycles. The van der Waals surface area contributed by atoms with E-state index in [1.54, 1.807) is 73.8 Å². The molecule has 1 N–H and O–H groups in total. The van der Waals surface area contributed by atoms with Crippen LogP contribution < -0.4 is 31.3 Å². The zero-order valence-corrected chi connectivity index (χ0v) is 32.7. The topological polar surface area (TPSA) is 160 Å². The number of hydrogen-bond donors (Lipinski definition) is 1. The number of rotatable bonds is 8. The highest BCUT2D eigenvalue weighted by Gasteiger charge is 2.69. The van der Waals surface area contributed by atoms with Gasteiger partial charge in [0.1, 0.15) is 5.69 Å². The van der Waals surface area contributed by atoms with Crippen molar-refractivity contribution in [3.63, 3.8) is 0 Å². The predicted molar refractivity (Wildman–Crippen MR) is 215 cm³/mol. The second-order valence-electron chi connectivity index (χ2n) is 14.8. The van der Waals surface area contributed by atoms with Gasteiger partial charge in [0, 0.05) is 48.6 Å². The first-order valence-corrected chi connectivity index (χ1v) is 19.2. The van der Waals surface area contributed by atoms with E-state index in [0.717, 1.165) is 15.5 Å². The largest absolute Gasteiger partial charge is 0.505 e. The average Bonchev–Trinajstić information content (AvgIpc) is 3.62. The van der Waals surface area contributed by atoms with Gasteiger partial charge in [0.2, 0.25) is 11.8 Å². The van der Waals surface area contributed by atoms with Crippen LogP contribution in [0.1, 0.15) is 35.2 Å². The Bertz CT molecular complexity index is 2970. The average molecular weight is 819 g/mol. The summed E-state index contributed by atoms with van der Waals surface area (Å²) in [5, 5.41) is 11.7. The highest BCUT2D eigenvalue weighted by atomic mass is 35.5. The molecule has 1 saturated carbocycles. The first-order chi connectivity index (χ1) is 28.4. The molecule has 59 heavy (non-hydrogen) atoms. The fourth-order valence-corrected chi connectivity index (χ4v) is 9.63. The van der Waals surface area contributed by atoms with Gasteiger partial charge in [0.05, 0.1) is 54.9 Å². The maximum Gasteiger partial charge on any atom is 0.347 e. The number of hydrogen-bond acceptors (Lipinski definition) is 9. The summed E-state index contributed by atoms with van der Waals surface area (Å²) in [7, 11) is 4.55. The lowest BCUT2D eigenvalue weighted by molar-refractivity contribution is -0.124. The number of phenols is 1. The molecule has 0 radical (unpaired) electrons. The molecule has 300 valence electrons. The Labute approximate surface area is 339 Å². The van der Waals surface area contributed by atoms with Crippen molar-refractivity contribution < 1.29 is 28.6 Å². The molecule has 4 aromatic carbocycles. The van der Waals surface area contributed by atoms with Gasteiger partial charge in [-0.15, -0.1) is 0 Å². The number of benzene rings is 4. The van der Waals surface area contributed by atoms with Gasteiger partial charge in [-0.1, -0.05) is 66.2 Å². The zero-order valence-electron chi connectivity index (χ0n) is 32.0. The normalized spacial score (nSPS) is 20.9. The number of para-hydroxylation sites is 1. The van der Waals surface area contributed by atoms with Gasteiger partial charge in [-0.2, -0.15) is 0 Å². The first kappa shape index (κ1) is 37.8. The van der Waals surface area contributed by atoms with Gasteiger partial charge in [-0.05, 0) is 41.8 Å². The zero-order chi connectivity index (χ0) is 41.5. The van der Waals surface area contributed by atoms with E-state index in [2.05, 4.69) is 4.98 Å². The molecular weight excluding hydrogens is 783 g/mol. The van der Waals surface area contributed by atoms with Crippen LogP contribution in [0.4, 0.5) is 10.1 Å². The quantitative estimate of drug-likeness (QED) is 0.171. The van der Waals surface area contributed by atoms with Crippen LogP contribution in [0.25, 0.3) is 11.0 Å². The lowest BCUT2D eigenvalue weighted by Crippen LogP contribution is -2.53. The minimum atomic E-state index is -1.72. The molecule has 2 aromatic heterocycles. The number of aromatic nitrogens is 5. The van der Waals surface area contributed by atoms with E-state index < -0.39 is 63.6 Å². The van der Waals surface area contributed by atoms with Gasteiger partial charge < -0.3 is 19.1 Å². The van der Waals surface area contributed by atoms with Gasteiger partial charge in [-0.3, -0.25) is 14.4 Å². The van der Waals surface area contributed by atoms with Crippen molar-refractivity contribution in [1.29, 1.82) is 0 Å². The summed E-state index contributed by atoms with van der Waals surface area (Å²) >= 11 is 6.37. The van der Waals surface area contributed by atoms with E-state index in [1.807, 2.05) is 0 Å². The SMILES string of the molecule is COc1cc2nc(CCn3c(=O)n4n(c3=O)[C@@H]3C[C@H]5C(=O)N(c6cccc(Cl)c6)C(=O)[C@@]5(c5ccccc5)[C@@H](c5cccc(F)c5O)C3=CC4)c(=O)n(C)c2cc1OC. The van der Waals surface area contributed by atoms with Gasteiger partial charge >= 0.3 is 11.4 Å². The van der Waals surface area contributed by atoms with Crippen molar-refractivity contribution in [3.8, 4) is 17.2 Å². The molecule has 0 unspecified atom stereocenters. The number of allylic oxidation sites excluding steroid dienone is 2. The molecule has 14 nitrogen and oxygen atoms in total. The van der Waals surface area contributed by atoms with Gasteiger partial charge in [-0.25, -0.2) is 37.8 Å². The summed E-state index contributed by atoms with van der Waals surface area (Å²) in [5.74, 6) is -4.35. The number of anilines is 1. The van der Waals surface area contributed by atoms with Crippen molar-refractivity contribution in [2.75, 3.05) is 19.1 Å². The summed E-state index contributed by atoms with van der Waals surface area (Å²) < 4.78 is 31.2. The third-order valence-electron chi connectivity index (χ3n) is 12.1. The van der Waals surface area contributed by atoms with Crippen molar-refractivity contribution >= 4 is 40.1 Å². The Morgan fingerprint density at radius 3 is 2.37 bits per heavy atom. The number of fused-ring (bicyclic) bond motifs is 5. The number of halogens is 2. The number of carbonyl (C=O) groups excluding carboxylic acids is 2. The third-order valence-corrected chi connectivity index (χ3v) is 12.3. The second-order valence-corrected chi connectivity index (χ2v) is 15.3. The number of carbonyl (C=O) groups is 2. The van der Waals surface area contributed by atoms with Crippen LogP contribution in [0, 0.1) is 11.7 Å². The van der Waals surface area contributed by atoms with Crippen molar-refractivity contribution in [1.82, 2.24) is 23.5 Å². The minimum Gasteiger partial charge on any atom is -0.505 e. The van der Waals surface area contributed by atoms with Gasteiger partial charge in [0.15, 0.2) is 23.1 Å². The smallest absolute Gasteiger partial charge is 0.347 e. The number of methoxy groups -OCH3 is 2. The molecule has 2 fully saturated rings. The maximum atomic E-state index is 15.4. The molecule has 16 heteroatoms. The number of phenolic OH excluding ortho intramolecular Hbond substituents is 1. The van der Waals surface area contributed by atoms with E-state index in [-0.39, 0.29) is 47.9 Å². The molecule has 0 bridgehead atoms. The molecule has 1 aliphatic carbocycles. The standard InChI is InChI=1S/C43H36ClFN6O8/c1-47-33-22-35(59-3)34(58-2)21-31(33)46-30(39(47)54)16-17-48-41(56)49-18-15-26-32(51(49)42(48)57)20-28-38(53)50(25-12-7-11-24(44)19-25)40(55)43(28,23-9-5-4-6-10-23)36(26)27-13-8-14-29(45)37(27)52/h4-15,19,21-22,28,32,36,52H,16-18,20H2,1-3H3/t28-,32+,36+,43+/m0/s1. The van der Waals surface area contributed by atoms with E-state index in [9.17, 15) is 24.3 Å². The van der Waals surface area contributed by atoms with Crippen molar-refractivity contribution in [2.45, 2.75) is 43.3 Å². The van der Waals surface area contributed by atoms with E-state index >= 15 is 9.18 Å². The van der Waals surface area contributed by atoms with Crippen LogP contribution in [0.3, 0.4) is 0 Å². The van der Waals surface area contributed by atoms with Crippen LogP contribution >= 0.6 is 11.6 Å². The van der Waals surface area contributed by atoms with Crippen LogP contribution in [0.2, 0.25) is 5.02 Å². The summed E-state index contributed by atoms with van der Waals surface area (Å²) in [6, 6.07) is 21.3. The minimum absolute atomic E-state index is 0.0413. The fraction of sp³-hybridized carbons (Fsp3) is 0.256. The highest BCUT2D eigenvalue weighted by Crippen LogP contribution is 2.63. The van der Waals surface area contributed by atoms with Crippen LogP contribution in [0.5, 0.6) is 17.2 Å². The van der Waals surface area contributed by atoms with E-state index in [0.29, 0.717) is 33.7 Å². The molecule has 9 rings (SSSR count).